The van der Waals surface area contributed by atoms with Gasteiger partial charge in [-0.05, 0) is 54.7 Å². The molecule has 1 aliphatic carbocycles. The van der Waals surface area contributed by atoms with E-state index in [2.05, 4.69) is 41.4 Å². The third-order valence-corrected chi connectivity index (χ3v) is 8.62. The number of rotatable bonds is 2. The maximum atomic E-state index is 14.0. The zero-order chi connectivity index (χ0) is 24.4. The first-order valence-corrected chi connectivity index (χ1v) is 13.2. The summed E-state index contributed by atoms with van der Waals surface area (Å²) in [5.74, 6) is 0. The molecule has 0 spiro atoms. The van der Waals surface area contributed by atoms with Crippen molar-refractivity contribution in [1.82, 2.24) is 9.55 Å². The number of nitrogens with zero attached hydrogens (tertiary/aromatic N) is 2. The zero-order valence-corrected chi connectivity index (χ0v) is 21.2. The molecule has 3 heterocycles. The average Bonchev–Trinajstić information content (AvgIpc) is 3.39. The lowest BCUT2D eigenvalue weighted by molar-refractivity contribution is 0.585. The first-order chi connectivity index (χ1) is 17.6. The number of fused-ring (bicyclic) bond motifs is 4. The Hall–Kier alpha value is -3.67. The second-order valence-corrected chi connectivity index (χ2v) is 10.8. The third-order valence-electron chi connectivity index (χ3n) is 7.29. The SMILES string of the molecule is Cc1[nH]c2ccccc2c1C=c1sc2n(c1=O)[C@@H](c1ccccc1Cl)C1=C(N=2)c2ccccc2CC1. The van der Waals surface area contributed by atoms with Crippen molar-refractivity contribution < 1.29 is 0 Å². The molecule has 3 aromatic carbocycles. The van der Waals surface area contributed by atoms with Gasteiger partial charge in [0, 0.05) is 32.7 Å². The standard InChI is InChI=1S/C30H22ClN3OS/c1-17-23(20-10-5-7-13-25(20)32-17)16-26-29(35)34-28(21-11-4-6-12-24(21)31)22-15-14-18-8-2-3-9-19(18)27(22)33-30(34)36-26/h2-13,16,28,32H,14-15H2,1H3/t28-/m0/s1. The van der Waals surface area contributed by atoms with Crippen LogP contribution in [0.2, 0.25) is 5.02 Å². The number of aromatic amines is 1. The Bertz CT molecular complexity index is 1910. The predicted octanol–water partition coefficient (Wildman–Crippen LogP) is 5.76. The van der Waals surface area contributed by atoms with Gasteiger partial charge in [0.15, 0.2) is 4.80 Å². The number of allylic oxidation sites excluding steroid dienone is 1. The monoisotopic (exact) mass is 507 g/mol. The summed E-state index contributed by atoms with van der Waals surface area (Å²) in [6, 6.07) is 24.2. The highest BCUT2D eigenvalue weighted by Gasteiger charge is 2.33. The number of aromatic nitrogens is 2. The van der Waals surface area contributed by atoms with Gasteiger partial charge in [-0.25, -0.2) is 4.99 Å². The number of hydrogen-bond acceptors (Lipinski definition) is 3. The molecular weight excluding hydrogens is 486 g/mol. The smallest absolute Gasteiger partial charge is 0.271 e. The number of nitrogens with one attached hydrogen (secondary N) is 1. The predicted molar refractivity (Wildman–Crippen MR) is 147 cm³/mol. The first kappa shape index (κ1) is 21.6. The fourth-order valence-electron chi connectivity index (χ4n) is 5.61. The van der Waals surface area contributed by atoms with Gasteiger partial charge in [0.25, 0.3) is 5.56 Å². The molecule has 0 bridgehead atoms. The van der Waals surface area contributed by atoms with E-state index in [1.165, 1.54) is 16.9 Å². The molecule has 36 heavy (non-hydrogen) atoms. The summed E-state index contributed by atoms with van der Waals surface area (Å²) in [6.45, 7) is 2.05. The maximum Gasteiger partial charge on any atom is 0.271 e. The Morgan fingerprint density at radius 1 is 1.03 bits per heavy atom. The van der Waals surface area contributed by atoms with Crippen LogP contribution in [0.3, 0.4) is 0 Å². The number of H-pyrrole nitrogens is 1. The summed E-state index contributed by atoms with van der Waals surface area (Å²) >= 11 is 8.19. The molecule has 0 amide bonds. The van der Waals surface area contributed by atoms with Crippen molar-refractivity contribution >= 4 is 45.6 Å². The van der Waals surface area contributed by atoms with Gasteiger partial charge >= 0.3 is 0 Å². The van der Waals surface area contributed by atoms with Crippen LogP contribution >= 0.6 is 22.9 Å². The quantitative estimate of drug-likeness (QED) is 0.324. The number of para-hydroxylation sites is 1. The Morgan fingerprint density at radius 3 is 2.69 bits per heavy atom. The van der Waals surface area contributed by atoms with Gasteiger partial charge in [-0.3, -0.25) is 9.36 Å². The summed E-state index contributed by atoms with van der Waals surface area (Å²) in [7, 11) is 0. The van der Waals surface area contributed by atoms with Crippen molar-refractivity contribution in [3.8, 4) is 0 Å². The van der Waals surface area contributed by atoms with Crippen molar-refractivity contribution in [3.63, 3.8) is 0 Å². The van der Waals surface area contributed by atoms with Gasteiger partial charge < -0.3 is 4.98 Å². The maximum absolute atomic E-state index is 14.0. The highest BCUT2D eigenvalue weighted by molar-refractivity contribution is 7.07. The largest absolute Gasteiger partial charge is 0.358 e. The molecule has 6 heteroatoms. The van der Waals surface area contributed by atoms with Gasteiger partial charge in [-0.1, -0.05) is 83.6 Å². The van der Waals surface area contributed by atoms with Gasteiger partial charge in [-0.15, -0.1) is 0 Å². The van der Waals surface area contributed by atoms with Crippen LogP contribution in [0.5, 0.6) is 0 Å². The molecule has 1 aliphatic heterocycles. The van der Waals surface area contributed by atoms with Crippen LogP contribution in [0.4, 0.5) is 0 Å². The number of thiazole rings is 1. The average molecular weight is 508 g/mol. The molecule has 0 saturated carbocycles. The molecule has 0 fully saturated rings. The lowest BCUT2D eigenvalue weighted by Crippen LogP contribution is -2.38. The fourth-order valence-corrected chi connectivity index (χ4v) is 6.83. The topological polar surface area (TPSA) is 50.1 Å². The Balaban J connectivity index is 1.53. The lowest BCUT2D eigenvalue weighted by atomic mass is 9.83. The van der Waals surface area contributed by atoms with Crippen LogP contribution in [0.25, 0.3) is 22.7 Å². The molecule has 176 valence electrons. The van der Waals surface area contributed by atoms with Crippen molar-refractivity contribution in [3.05, 3.63) is 131 Å². The van der Waals surface area contributed by atoms with E-state index in [-0.39, 0.29) is 11.6 Å². The zero-order valence-electron chi connectivity index (χ0n) is 19.6. The van der Waals surface area contributed by atoms with Crippen LogP contribution < -0.4 is 14.9 Å². The first-order valence-electron chi connectivity index (χ1n) is 12.0. The van der Waals surface area contributed by atoms with Crippen LogP contribution in [0.1, 0.15) is 40.4 Å². The molecule has 0 unspecified atom stereocenters. The highest BCUT2D eigenvalue weighted by Crippen LogP contribution is 2.42. The molecule has 2 aliphatic rings. The minimum atomic E-state index is -0.274. The molecule has 0 radical (unpaired) electrons. The van der Waals surface area contributed by atoms with Crippen LogP contribution in [0.15, 0.2) is 88.2 Å². The molecule has 4 nitrogen and oxygen atoms in total. The van der Waals surface area contributed by atoms with Crippen LogP contribution in [-0.4, -0.2) is 9.55 Å². The lowest BCUT2D eigenvalue weighted by Gasteiger charge is -2.31. The summed E-state index contributed by atoms with van der Waals surface area (Å²) in [4.78, 5) is 23.3. The van der Waals surface area contributed by atoms with E-state index in [0.717, 1.165) is 57.4 Å². The number of aryl methyl sites for hydroxylation is 2. The van der Waals surface area contributed by atoms with E-state index in [1.807, 2.05) is 54.0 Å². The molecule has 1 atom stereocenters. The van der Waals surface area contributed by atoms with E-state index >= 15 is 0 Å². The van der Waals surface area contributed by atoms with Crippen LogP contribution in [-0.2, 0) is 6.42 Å². The van der Waals surface area contributed by atoms with E-state index < -0.39 is 0 Å². The van der Waals surface area contributed by atoms with Gasteiger partial charge in [0.2, 0.25) is 0 Å². The molecule has 0 saturated heterocycles. The van der Waals surface area contributed by atoms with Gasteiger partial charge in [0.1, 0.15) is 0 Å². The summed E-state index contributed by atoms with van der Waals surface area (Å²) in [5, 5.41) is 1.77. The molecule has 7 rings (SSSR count). The summed E-state index contributed by atoms with van der Waals surface area (Å²) in [5.41, 5.74) is 8.65. The van der Waals surface area contributed by atoms with Crippen molar-refractivity contribution in [2.75, 3.05) is 0 Å². The van der Waals surface area contributed by atoms with Crippen LogP contribution in [0, 0.1) is 6.92 Å². The Labute approximate surface area is 216 Å². The van der Waals surface area contributed by atoms with Crippen molar-refractivity contribution in [2.45, 2.75) is 25.8 Å². The fraction of sp³-hybridized carbons (Fsp3) is 0.133. The van der Waals surface area contributed by atoms with E-state index in [4.69, 9.17) is 16.6 Å². The molecular formula is C30H22ClN3OS. The molecule has 5 aromatic rings. The van der Waals surface area contributed by atoms with Crippen molar-refractivity contribution in [2.24, 2.45) is 4.99 Å². The molecule has 2 aromatic heterocycles. The van der Waals surface area contributed by atoms with E-state index in [1.54, 1.807) is 0 Å². The number of halogens is 1. The minimum absolute atomic E-state index is 0.0289. The highest BCUT2D eigenvalue weighted by atomic mass is 35.5. The van der Waals surface area contributed by atoms with Gasteiger partial charge in [0.05, 0.1) is 16.3 Å². The minimum Gasteiger partial charge on any atom is -0.358 e. The van der Waals surface area contributed by atoms with E-state index in [0.29, 0.717) is 14.4 Å². The Kier molecular flexibility index (Phi) is 4.91. The second kappa shape index (κ2) is 8.19. The number of hydrogen-bond donors (Lipinski definition) is 1. The second-order valence-electron chi connectivity index (χ2n) is 9.34. The summed E-state index contributed by atoms with van der Waals surface area (Å²) < 4.78 is 2.53. The molecule has 1 N–H and O–H groups in total. The normalized spacial score (nSPS) is 17.1. The number of benzene rings is 3. The Morgan fingerprint density at radius 2 is 1.81 bits per heavy atom. The van der Waals surface area contributed by atoms with Crippen molar-refractivity contribution in [1.29, 1.82) is 0 Å². The van der Waals surface area contributed by atoms with Gasteiger partial charge in [-0.2, -0.15) is 0 Å². The van der Waals surface area contributed by atoms with E-state index in [9.17, 15) is 4.79 Å². The summed E-state index contributed by atoms with van der Waals surface area (Å²) in [6.07, 6.45) is 3.78. The third kappa shape index (κ3) is 3.20.